The normalized spacial score (nSPS) is 15.1. The van der Waals surface area contributed by atoms with Gasteiger partial charge in [0.1, 0.15) is 5.69 Å². The van der Waals surface area contributed by atoms with Gasteiger partial charge in [-0.2, -0.15) is 10.2 Å². The van der Waals surface area contributed by atoms with Crippen LogP contribution < -0.4 is 0 Å². The van der Waals surface area contributed by atoms with Gasteiger partial charge in [0.2, 0.25) is 0 Å². The first-order valence-electron chi connectivity index (χ1n) is 8.54. The Kier molecular flexibility index (Phi) is 4.23. The van der Waals surface area contributed by atoms with Crippen molar-refractivity contribution in [3.63, 3.8) is 0 Å². The van der Waals surface area contributed by atoms with E-state index in [-0.39, 0.29) is 5.78 Å². The molecule has 128 valence electrons. The number of Topliss-reactive ketones (excluding diaryl/α,β-unsaturated/α-hetero) is 1. The first-order chi connectivity index (χ1) is 12.2. The van der Waals surface area contributed by atoms with E-state index < -0.39 is 0 Å². The average Bonchev–Trinajstić information content (AvgIpc) is 3.26. The van der Waals surface area contributed by atoms with E-state index >= 15 is 0 Å². The Labute approximate surface area is 145 Å². The van der Waals surface area contributed by atoms with Crippen molar-refractivity contribution in [2.45, 2.75) is 19.3 Å². The fourth-order valence-electron chi connectivity index (χ4n) is 3.26. The molecule has 0 spiro atoms. The molecule has 4 rings (SSSR count). The van der Waals surface area contributed by atoms with Gasteiger partial charge >= 0.3 is 0 Å². The van der Waals surface area contributed by atoms with Gasteiger partial charge in [0.05, 0.1) is 30.4 Å². The molecular formula is C18H20N6O. The van der Waals surface area contributed by atoms with Crippen molar-refractivity contribution in [3.8, 4) is 11.3 Å². The van der Waals surface area contributed by atoms with Crippen molar-refractivity contribution >= 4 is 16.7 Å². The number of ketones is 1. The van der Waals surface area contributed by atoms with Gasteiger partial charge in [-0.1, -0.05) is 11.3 Å². The van der Waals surface area contributed by atoms with Gasteiger partial charge in [-0.3, -0.25) is 14.4 Å². The maximum atomic E-state index is 12.3. The zero-order valence-corrected chi connectivity index (χ0v) is 14.2. The summed E-state index contributed by atoms with van der Waals surface area (Å²) in [5.41, 5.74) is 3.31. The van der Waals surface area contributed by atoms with Gasteiger partial charge in [-0.25, -0.2) is 0 Å². The highest BCUT2D eigenvalue weighted by atomic mass is 16.1. The molecule has 0 N–H and O–H groups in total. The van der Waals surface area contributed by atoms with Crippen LogP contribution in [0.4, 0.5) is 0 Å². The van der Waals surface area contributed by atoms with Crippen LogP contribution in [0.3, 0.4) is 0 Å². The predicted octanol–water partition coefficient (Wildman–Crippen LogP) is 1.63. The number of fused-ring (bicyclic) bond motifs is 1. The number of aryl methyl sites for hydroxylation is 1. The minimum absolute atomic E-state index is 0.195. The molecule has 0 saturated carbocycles. The standard InChI is InChI=1S/C18H20N6O/c1-23-12-18(21-22-23)13-4-5-17-14(8-13)9-15(19-20-17)10-16(25)11-24-6-2-3-7-24/h4-5,8-9,12H,2-3,6-7,10-11H2,1H3. The molecule has 0 bridgehead atoms. The smallest absolute Gasteiger partial charge is 0.152 e. The molecule has 1 aliphatic heterocycles. The van der Waals surface area contributed by atoms with Crippen LogP contribution in [0.1, 0.15) is 18.5 Å². The Morgan fingerprint density at radius 3 is 2.72 bits per heavy atom. The Bertz CT molecular complexity index is 913. The molecule has 2 aromatic heterocycles. The van der Waals surface area contributed by atoms with Crippen LogP contribution in [0.5, 0.6) is 0 Å². The Hall–Kier alpha value is -2.67. The molecule has 7 heteroatoms. The number of nitrogens with zero attached hydrogens (tertiary/aromatic N) is 6. The van der Waals surface area contributed by atoms with Crippen LogP contribution in [0.2, 0.25) is 0 Å². The van der Waals surface area contributed by atoms with Crippen molar-refractivity contribution in [3.05, 3.63) is 36.2 Å². The second kappa shape index (κ2) is 6.68. The van der Waals surface area contributed by atoms with Crippen LogP contribution in [-0.4, -0.2) is 55.5 Å². The van der Waals surface area contributed by atoms with E-state index in [9.17, 15) is 4.79 Å². The number of carbonyl (C=O) groups excluding carboxylic acids is 1. The monoisotopic (exact) mass is 336 g/mol. The van der Waals surface area contributed by atoms with E-state index in [0.717, 1.165) is 35.2 Å². The topological polar surface area (TPSA) is 76.8 Å². The van der Waals surface area contributed by atoms with Crippen LogP contribution >= 0.6 is 0 Å². The summed E-state index contributed by atoms with van der Waals surface area (Å²) < 4.78 is 1.67. The minimum Gasteiger partial charge on any atom is -0.298 e. The Morgan fingerprint density at radius 1 is 1.12 bits per heavy atom. The summed E-state index contributed by atoms with van der Waals surface area (Å²) >= 11 is 0. The SMILES string of the molecule is Cn1cc(-c2ccc3nnc(CC(=O)CN4CCCC4)cc3c2)nn1. The molecule has 1 fully saturated rings. The first-order valence-corrected chi connectivity index (χ1v) is 8.54. The zero-order chi connectivity index (χ0) is 17.2. The summed E-state index contributed by atoms with van der Waals surface area (Å²) in [6.07, 6.45) is 4.58. The summed E-state index contributed by atoms with van der Waals surface area (Å²) in [5.74, 6) is 0.195. The summed E-state index contributed by atoms with van der Waals surface area (Å²) in [5, 5.41) is 17.5. The lowest BCUT2D eigenvalue weighted by Gasteiger charge is -2.12. The van der Waals surface area contributed by atoms with E-state index in [0.29, 0.717) is 18.7 Å². The molecule has 3 aromatic rings. The Morgan fingerprint density at radius 2 is 1.96 bits per heavy atom. The average molecular weight is 336 g/mol. The van der Waals surface area contributed by atoms with E-state index in [4.69, 9.17) is 0 Å². The highest BCUT2D eigenvalue weighted by Crippen LogP contribution is 2.22. The van der Waals surface area contributed by atoms with Gasteiger partial charge in [0, 0.05) is 18.0 Å². The van der Waals surface area contributed by atoms with Crippen LogP contribution in [0, 0.1) is 0 Å². The molecule has 0 amide bonds. The molecule has 0 radical (unpaired) electrons. The molecule has 1 aromatic carbocycles. The number of aromatic nitrogens is 5. The third-order valence-electron chi connectivity index (χ3n) is 4.51. The lowest BCUT2D eigenvalue weighted by Crippen LogP contribution is -2.28. The number of likely N-dealkylation sites (tertiary alicyclic amines) is 1. The lowest BCUT2D eigenvalue weighted by atomic mass is 10.1. The number of hydrogen-bond donors (Lipinski definition) is 0. The molecule has 0 aliphatic carbocycles. The molecule has 3 heterocycles. The molecule has 7 nitrogen and oxygen atoms in total. The van der Waals surface area contributed by atoms with Crippen molar-refractivity contribution in [1.82, 2.24) is 30.1 Å². The third-order valence-corrected chi connectivity index (χ3v) is 4.51. The van der Waals surface area contributed by atoms with Crippen molar-refractivity contribution in [2.24, 2.45) is 7.05 Å². The summed E-state index contributed by atoms with van der Waals surface area (Å²) in [7, 11) is 1.84. The lowest BCUT2D eigenvalue weighted by molar-refractivity contribution is -0.119. The zero-order valence-electron chi connectivity index (χ0n) is 14.2. The molecular weight excluding hydrogens is 316 g/mol. The minimum atomic E-state index is 0.195. The van der Waals surface area contributed by atoms with E-state index in [1.165, 1.54) is 12.8 Å². The second-order valence-electron chi connectivity index (χ2n) is 6.59. The van der Waals surface area contributed by atoms with Crippen molar-refractivity contribution in [2.75, 3.05) is 19.6 Å². The molecule has 0 unspecified atom stereocenters. The van der Waals surface area contributed by atoms with Gasteiger partial charge in [-0.05, 0) is 44.1 Å². The van der Waals surface area contributed by atoms with Crippen LogP contribution in [-0.2, 0) is 18.3 Å². The summed E-state index contributed by atoms with van der Waals surface area (Å²) in [6.45, 7) is 2.56. The quantitative estimate of drug-likeness (QED) is 0.705. The first kappa shape index (κ1) is 15.8. The van der Waals surface area contributed by atoms with Crippen molar-refractivity contribution < 1.29 is 4.79 Å². The second-order valence-corrected chi connectivity index (χ2v) is 6.59. The molecule has 1 saturated heterocycles. The summed E-state index contributed by atoms with van der Waals surface area (Å²) in [6, 6.07) is 7.84. The van der Waals surface area contributed by atoms with Crippen molar-refractivity contribution in [1.29, 1.82) is 0 Å². The number of hydrogen-bond acceptors (Lipinski definition) is 6. The fraction of sp³-hybridized carbons (Fsp3) is 0.389. The maximum Gasteiger partial charge on any atom is 0.152 e. The van der Waals surface area contributed by atoms with E-state index in [1.807, 2.05) is 37.5 Å². The van der Waals surface area contributed by atoms with E-state index in [1.54, 1.807) is 4.68 Å². The molecule has 0 atom stereocenters. The van der Waals surface area contributed by atoms with Crippen LogP contribution in [0.25, 0.3) is 22.2 Å². The third kappa shape index (κ3) is 3.56. The summed E-state index contributed by atoms with van der Waals surface area (Å²) in [4.78, 5) is 14.5. The number of carbonyl (C=O) groups is 1. The van der Waals surface area contributed by atoms with Gasteiger partial charge in [0.25, 0.3) is 0 Å². The van der Waals surface area contributed by atoms with Gasteiger partial charge < -0.3 is 0 Å². The van der Waals surface area contributed by atoms with Gasteiger partial charge in [0.15, 0.2) is 5.78 Å². The molecule has 25 heavy (non-hydrogen) atoms. The number of rotatable bonds is 5. The van der Waals surface area contributed by atoms with Gasteiger partial charge in [-0.15, -0.1) is 5.10 Å². The van der Waals surface area contributed by atoms with Crippen LogP contribution in [0.15, 0.2) is 30.5 Å². The fourth-order valence-corrected chi connectivity index (χ4v) is 3.26. The number of benzene rings is 1. The highest BCUT2D eigenvalue weighted by molar-refractivity contribution is 5.86. The van der Waals surface area contributed by atoms with E-state index in [2.05, 4.69) is 25.4 Å². The molecule has 1 aliphatic rings. The highest BCUT2D eigenvalue weighted by Gasteiger charge is 2.16. The largest absolute Gasteiger partial charge is 0.298 e. The predicted molar refractivity (Wildman–Crippen MR) is 93.9 cm³/mol. The maximum absolute atomic E-state index is 12.3. The Balaban J connectivity index is 1.54.